The Morgan fingerprint density at radius 3 is 1.80 bits per heavy atom. The first-order valence-corrected chi connectivity index (χ1v) is 17.0. The van der Waals surface area contributed by atoms with Crippen LogP contribution in [0.3, 0.4) is 0 Å². The highest BCUT2D eigenvalue weighted by Gasteiger charge is 2.38. The summed E-state index contributed by atoms with van der Waals surface area (Å²) in [6.07, 6.45) is -10.4. The number of aromatic nitrogens is 2. The number of nitrogens with zero attached hydrogens (tertiary/aromatic N) is 2. The van der Waals surface area contributed by atoms with Gasteiger partial charge in [0.2, 0.25) is 0 Å². The molecule has 5 aromatic rings. The molecule has 0 aliphatic carbocycles. The Hall–Kier alpha value is -5.52. The Morgan fingerprint density at radius 1 is 0.714 bits per heavy atom. The standard InChI is InChI=1S/C39H36F8N4O5/c1-53-32-9-7-25(19-30(32)40)34-35(26-8-10-33(54-2)31(41)20-26)51(36(50-34)27-17-28(38(42,43)44)21-29(18-27)39(45,46)47)22-23-3-5-24(6-4-23)37(52)49-12-14-56-16-15-55-13-11-48/h3-10,17-21H,11-16,22,48H2,1-2H3,(H,49,52). The van der Waals surface area contributed by atoms with Crippen molar-refractivity contribution in [3.63, 3.8) is 0 Å². The van der Waals surface area contributed by atoms with E-state index in [1.165, 1.54) is 67.3 Å². The molecule has 0 unspecified atom stereocenters. The maximum absolute atomic E-state index is 15.3. The van der Waals surface area contributed by atoms with Crippen molar-refractivity contribution in [1.29, 1.82) is 0 Å². The van der Waals surface area contributed by atoms with Crippen LogP contribution in [0.15, 0.2) is 78.9 Å². The fourth-order valence-corrected chi connectivity index (χ4v) is 5.72. The van der Waals surface area contributed by atoms with Crippen LogP contribution in [0.1, 0.15) is 27.0 Å². The zero-order chi connectivity index (χ0) is 40.6. The number of halogens is 8. The Bertz CT molecular complexity index is 2100. The summed E-state index contributed by atoms with van der Waals surface area (Å²) in [4.78, 5) is 17.4. The van der Waals surface area contributed by atoms with Gasteiger partial charge in [-0.2, -0.15) is 26.3 Å². The SMILES string of the molecule is COc1ccc(-c2nc(-c3cc(C(F)(F)F)cc(C(F)(F)F)c3)n(Cc3ccc(C(=O)NCCOCCOCCN)cc3)c2-c2ccc(OC)c(F)c2)cc1F. The van der Waals surface area contributed by atoms with E-state index in [2.05, 4.69) is 10.3 Å². The van der Waals surface area contributed by atoms with Gasteiger partial charge in [0.15, 0.2) is 23.1 Å². The highest BCUT2D eigenvalue weighted by molar-refractivity contribution is 5.94. The molecule has 298 valence electrons. The molecule has 0 aliphatic heterocycles. The lowest BCUT2D eigenvalue weighted by Gasteiger charge is -2.17. The first kappa shape index (κ1) is 41.6. The highest BCUT2D eigenvalue weighted by atomic mass is 19.4. The second-order valence-electron chi connectivity index (χ2n) is 12.2. The van der Waals surface area contributed by atoms with Gasteiger partial charge in [-0.3, -0.25) is 4.79 Å². The molecule has 1 amide bonds. The molecule has 0 fully saturated rings. The van der Waals surface area contributed by atoms with E-state index in [0.29, 0.717) is 44.1 Å². The largest absolute Gasteiger partial charge is 0.494 e. The molecule has 4 aromatic carbocycles. The normalized spacial score (nSPS) is 11.8. The van der Waals surface area contributed by atoms with Crippen LogP contribution >= 0.6 is 0 Å². The minimum absolute atomic E-state index is 0.00986. The molecular formula is C39H36F8N4O5. The third-order valence-corrected chi connectivity index (χ3v) is 8.39. The van der Waals surface area contributed by atoms with Gasteiger partial charge in [0.1, 0.15) is 5.82 Å². The molecule has 0 spiro atoms. The molecule has 5 rings (SSSR count). The van der Waals surface area contributed by atoms with Crippen molar-refractivity contribution in [2.24, 2.45) is 5.73 Å². The van der Waals surface area contributed by atoms with Gasteiger partial charge in [-0.15, -0.1) is 0 Å². The first-order valence-electron chi connectivity index (χ1n) is 17.0. The van der Waals surface area contributed by atoms with Gasteiger partial charge in [0.25, 0.3) is 5.91 Å². The monoisotopic (exact) mass is 792 g/mol. The second kappa shape index (κ2) is 18.0. The molecule has 0 saturated carbocycles. The number of ether oxygens (including phenoxy) is 4. The smallest absolute Gasteiger partial charge is 0.416 e. The molecule has 1 aromatic heterocycles. The van der Waals surface area contributed by atoms with E-state index in [4.69, 9.17) is 24.7 Å². The molecule has 0 atom stereocenters. The number of benzene rings is 4. The summed E-state index contributed by atoms with van der Waals surface area (Å²) in [7, 11) is 2.46. The van der Waals surface area contributed by atoms with E-state index in [1.54, 1.807) is 0 Å². The molecule has 0 radical (unpaired) electrons. The van der Waals surface area contributed by atoms with Gasteiger partial charge >= 0.3 is 12.4 Å². The molecular weight excluding hydrogens is 756 g/mol. The molecule has 0 aliphatic rings. The number of carbonyl (C=O) groups is 1. The van der Waals surface area contributed by atoms with E-state index in [-0.39, 0.29) is 71.2 Å². The van der Waals surface area contributed by atoms with Crippen LogP contribution in [0.4, 0.5) is 35.1 Å². The average Bonchev–Trinajstić information content (AvgIpc) is 3.54. The molecule has 0 bridgehead atoms. The number of carbonyl (C=O) groups excluding carboxylic acids is 1. The zero-order valence-electron chi connectivity index (χ0n) is 30.0. The summed E-state index contributed by atoms with van der Waals surface area (Å²) in [6, 6.07) is 14.5. The van der Waals surface area contributed by atoms with Crippen molar-refractivity contribution in [3.05, 3.63) is 113 Å². The average molecular weight is 793 g/mol. The summed E-state index contributed by atoms with van der Waals surface area (Å²) in [6.45, 7) is 1.56. The molecule has 0 saturated heterocycles. The molecule has 3 N–H and O–H groups in total. The summed E-state index contributed by atoms with van der Waals surface area (Å²) in [5, 5.41) is 2.71. The van der Waals surface area contributed by atoms with E-state index >= 15 is 8.78 Å². The maximum Gasteiger partial charge on any atom is 0.416 e. The van der Waals surface area contributed by atoms with Crippen molar-refractivity contribution in [3.8, 4) is 45.4 Å². The summed E-state index contributed by atoms with van der Waals surface area (Å²) in [5.41, 5.74) is 2.32. The number of hydrogen-bond acceptors (Lipinski definition) is 7. The number of nitrogens with one attached hydrogen (secondary N) is 1. The van der Waals surface area contributed by atoms with Crippen LogP contribution < -0.4 is 20.5 Å². The van der Waals surface area contributed by atoms with Crippen LogP contribution in [0.25, 0.3) is 33.9 Å². The number of hydrogen-bond donors (Lipinski definition) is 2. The minimum atomic E-state index is -5.18. The van der Waals surface area contributed by atoms with Gasteiger partial charge in [-0.25, -0.2) is 13.8 Å². The van der Waals surface area contributed by atoms with Gasteiger partial charge < -0.3 is 34.6 Å². The highest BCUT2D eigenvalue weighted by Crippen LogP contribution is 2.42. The predicted molar refractivity (Wildman–Crippen MR) is 190 cm³/mol. The van der Waals surface area contributed by atoms with Crippen LogP contribution in [0, 0.1) is 11.6 Å². The number of nitrogens with two attached hydrogens (primary N) is 1. The van der Waals surface area contributed by atoms with Gasteiger partial charge in [0, 0.05) is 41.9 Å². The van der Waals surface area contributed by atoms with Crippen molar-refractivity contribution >= 4 is 5.91 Å². The molecule has 9 nitrogen and oxygen atoms in total. The Balaban J connectivity index is 1.63. The van der Waals surface area contributed by atoms with Crippen molar-refractivity contribution in [2.45, 2.75) is 18.9 Å². The van der Waals surface area contributed by atoms with Crippen molar-refractivity contribution in [1.82, 2.24) is 14.9 Å². The summed E-state index contributed by atoms with van der Waals surface area (Å²) >= 11 is 0. The number of imidazole rings is 1. The summed E-state index contributed by atoms with van der Waals surface area (Å²) in [5.74, 6) is -2.81. The minimum Gasteiger partial charge on any atom is -0.494 e. The van der Waals surface area contributed by atoms with Crippen molar-refractivity contribution < 1.29 is 58.9 Å². The van der Waals surface area contributed by atoms with Crippen LogP contribution in [0.5, 0.6) is 11.5 Å². The van der Waals surface area contributed by atoms with E-state index < -0.39 is 46.6 Å². The first-order chi connectivity index (χ1) is 26.6. The number of alkyl halides is 6. The fraction of sp³-hybridized carbons (Fsp3) is 0.282. The zero-order valence-corrected chi connectivity index (χ0v) is 30.0. The topological polar surface area (TPSA) is 110 Å². The van der Waals surface area contributed by atoms with Gasteiger partial charge in [-0.1, -0.05) is 12.1 Å². The lowest BCUT2D eigenvalue weighted by molar-refractivity contribution is -0.143. The number of rotatable bonds is 16. The lowest BCUT2D eigenvalue weighted by atomic mass is 10.0. The third kappa shape index (κ3) is 10.0. The fourth-order valence-electron chi connectivity index (χ4n) is 5.72. The van der Waals surface area contributed by atoms with E-state index in [1.807, 2.05) is 0 Å². The summed E-state index contributed by atoms with van der Waals surface area (Å²) < 4.78 is 137. The molecule has 56 heavy (non-hydrogen) atoms. The third-order valence-electron chi connectivity index (χ3n) is 8.39. The van der Waals surface area contributed by atoms with E-state index in [0.717, 1.165) is 12.1 Å². The van der Waals surface area contributed by atoms with Crippen molar-refractivity contribution in [2.75, 3.05) is 53.7 Å². The number of methoxy groups -OCH3 is 2. The Labute approximate surface area is 316 Å². The Morgan fingerprint density at radius 2 is 1.27 bits per heavy atom. The van der Waals surface area contributed by atoms with Crippen LogP contribution in [0.2, 0.25) is 0 Å². The second-order valence-corrected chi connectivity index (χ2v) is 12.2. The van der Waals surface area contributed by atoms with E-state index in [9.17, 15) is 31.1 Å². The Kier molecular flexibility index (Phi) is 13.4. The van der Waals surface area contributed by atoms with Crippen LogP contribution in [-0.4, -0.2) is 69.2 Å². The van der Waals surface area contributed by atoms with Gasteiger partial charge in [-0.05, 0) is 72.3 Å². The lowest BCUT2D eigenvalue weighted by Crippen LogP contribution is -2.27. The number of amides is 1. The maximum atomic E-state index is 15.3. The molecule has 1 heterocycles. The van der Waals surface area contributed by atoms with Gasteiger partial charge in [0.05, 0.1) is 63.2 Å². The quantitative estimate of drug-likeness (QED) is 0.0771. The molecule has 17 heteroatoms. The predicted octanol–water partition coefficient (Wildman–Crippen LogP) is 7.99. The van der Waals surface area contributed by atoms with Crippen LogP contribution in [-0.2, 0) is 28.4 Å².